The molecule has 4 aromatic carbocycles. The Morgan fingerprint density at radius 2 is 1.67 bits per heavy atom. The van der Waals surface area contributed by atoms with Crippen LogP contribution in [0.1, 0.15) is 92.5 Å². The van der Waals surface area contributed by atoms with Gasteiger partial charge in [-0.3, -0.25) is 4.90 Å². The lowest BCUT2D eigenvalue weighted by atomic mass is 9.87. The second kappa shape index (κ2) is 17.5. The summed E-state index contributed by atoms with van der Waals surface area (Å²) in [6.07, 6.45) is -0.372. The summed E-state index contributed by atoms with van der Waals surface area (Å²) < 4.78 is 50.4. The average molecular weight is 771 g/mol. The number of nitrogens with zero attached hydrogens (tertiary/aromatic N) is 2. The molecule has 1 heterocycles. The molecule has 0 fully saturated rings. The van der Waals surface area contributed by atoms with Crippen molar-refractivity contribution in [2.24, 2.45) is 0 Å². The predicted molar refractivity (Wildman–Crippen MR) is 206 cm³/mol. The molecule has 7 nitrogen and oxygen atoms in total. The van der Waals surface area contributed by atoms with Crippen LogP contribution < -0.4 is 4.74 Å². The maximum absolute atomic E-state index is 13.1. The van der Waals surface area contributed by atoms with Crippen molar-refractivity contribution in [3.8, 4) is 16.9 Å². The average Bonchev–Trinajstić information content (AvgIpc) is 3.20. The first-order valence-electron chi connectivity index (χ1n) is 18.3. The third kappa shape index (κ3) is 9.55. The molecule has 0 radical (unpaired) electrons. The van der Waals surface area contributed by atoms with Crippen LogP contribution in [0.25, 0.3) is 11.1 Å². The lowest BCUT2D eigenvalue weighted by Gasteiger charge is -2.38. The number of pyridine rings is 1. The van der Waals surface area contributed by atoms with Crippen LogP contribution in [0, 0.1) is 0 Å². The van der Waals surface area contributed by atoms with E-state index in [-0.39, 0.29) is 30.2 Å². The number of hydrogen-bond acceptors (Lipinski definition) is 6. The SMILES string of the molecule is CCC(CN(CCc1ccccc1OCc1ccc(-c2ccc(C(F)(F)F)cc2)cc1Cl)C1CCCc2nc(C(=O)O)ccc21)c1ccc(C(=O)OC)cc1. The zero-order valence-electron chi connectivity index (χ0n) is 30.6. The number of rotatable bonds is 14. The van der Waals surface area contributed by atoms with Gasteiger partial charge in [0.15, 0.2) is 0 Å². The number of carbonyl (C=O) groups is 2. The first-order valence-corrected chi connectivity index (χ1v) is 18.6. The van der Waals surface area contributed by atoms with E-state index in [2.05, 4.69) is 16.8 Å². The van der Waals surface area contributed by atoms with Gasteiger partial charge < -0.3 is 14.6 Å². The molecule has 2 unspecified atom stereocenters. The number of carbonyl (C=O) groups excluding carboxylic acids is 1. The molecule has 5 aromatic rings. The van der Waals surface area contributed by atoms with Gasteiger partial charge in [-0.25, -0.2) is 14.6 Å². The molecular formula is C44H42ClF3N2O5. The molecule has 0 bridgehead atoms. The van der Waals surface area contributed by atoms with E-state index in [1.54, 1.807) is 24.3 Å². The summed E-state index contributed by atoms with van der Waals surface area (Å²) in [6.45, 7) is 3.75. The highest BCUT2D eigenvalue weighted by atomic mass is 35.5. The number of benzene rings is 4. The van der Waals surface area contributed by atoms with Crippen LogP contribution in [0.4, 0.5) is 13.2 Å². The molecule has 2 atom stereocenters. The van der Waals surface area contributed by atoms with Crippen molar-refractivity contribution in [1.29, 1.82) is 0 Å². The van der Waals surface area contributed by atoms with Gasteiger partial charge in [-0.2, -0.15) is 13.2 Å². The standard InChI is InChI=1S/C44H42ClF3N2O5/c1-3-28(29-11-13-32(14-12-29)43(53)54-2)26-50(40-9-6-8-38-36(40)21-22-39(49-38)42(51)52)24-23-31-7-4-5-10-41(31)55-27-34-16-15-33(25-37(34)45)30-17-19-35(20-18-30)44(46,47)48/h4-5,7,10-22,25,28,40H,3,6,8-9,23-24,26-27H2,1-2H3,(H,51,52). The van der Waals surface area contributed by atoms with E-state index in [1.165, 1.54) is 19.2 Å². The molecule has 0 saturated carbocycles. The highest BCUT2D eigenvalue weighted by Crippen LogP contribution is 2.37. The van der Waals surface area contributed by atoms with E-state index < -0.39 is 17.7 Å². The van der Waals surface area contributed by atoms with E-state index >= 15 is 0 Å². The number of carboxylic acid groups (broad SMARTS) is 1. The van der Waals surface area contributed by atoms with Crippen LogP contribution in [0.3, 0.4) is 0 Å². The number of hydrogen-bond donors (Lipinski definition) is 1. The number of aryl methyl sites for hydroxylation is 1. The maximum Gasteiger partial charge on any atom is 0.416 e. The second-order valence-corrected chi connectivity index (χ2v) is 14.1. The van der Waals surface area contributed by atoms with E-state index in [9.17, 15) is 27.9 Å². The molecule has 6 rings (SSSR count). The third-order valence-electron chi connectivity index (χ3n) is 10.3. The van der Waals surface area contributed by atoms with Crippen molar-refractivity contribution in [3.63, 3.8) is 0 Å². The van der Waals surface area contributed by atoms with Gasteiger partial charge in [0.25, 0.3) is 0 Å². The van der Waals surface area contributed by atoms with Crippen molar-refractivity contribution >= 4 is 23.5 Å². The fraction of sp³-hybridized carbons (Fsp3) is 0.295. The number of halogens is 4. The highest BCUT2D eigenvalue weighted by molar-refractivity contribution is 6.31. The van der Waals surface area contributed by atoms with E-state index in [1.807, 2.05) is 54.6 Å². The smallest absolute Gasteiger partial charge is 0.416 e. The number of ether oxygens (including phenoxy) is 2. The fourth-order valence-corrected chi connectivity index (χ4v) is 7.47. The fourth-order valence-electron chi connectivity index (χ4n) is 7.24. The first kappa shape index (κ1) is 39.5. The van der Waals surface area contributed by atoms with Crippen LogP contribution in [-0.4, -0.2) is 47.1 Å². The van der Waals surface area contributed by atoms with Crippen LogP contribution >= 0.6 is 11.6 Å². The van der Waals surface area contributed by atoms with Crippen molar-refractivity contribution in [2.75, 3.05) is 20.2 Å². The van der Waals surface area contributed by atoms with Crippen molar-refractivity contribution in [2.45, 2.75) is 63.8 Å². The van der Waals surface area contributed by atoms with Crippen LogP contribution in [0.15, 0.2) is 103 Å². The normalized spacial score (nSPS) is 14.6. The lowest BCUT2D eigenvalue weighted by Crippen LogP contribution is -2.36. The number of esters is 1. The Hall–Kier alpha value is -5.19. The van der Waals surface area contributed by atoms with Gasteiger partial charge in [0.2, 0.25) is 0 Å². The molecule has 0 aliphatic heterocycles. The molecule has 0 amide bonds. The number of methoxy groups -OCH3 is 1. The summed E-state index contributed by atoms with van der Waals surface area (Å²) in [7, 11) is 1.36. The summed E-state index contributed by atoms with van der Waals surface area (Å²) in [5, 5.41) is 10.1. The molecule has 0 spiro atoms. The lowest BCUT2D eigenvalue weighted by molar-refractivity contribution is -0.137. The van der Waals surface area contributed by atoms with Gasteiger partial charge in [0.1, 0.15) is 18.1 Å². The number of alkyl halides is 3. The molecular weight excluding hydrogens is 729 g/mol. The Morgan fingerprint density at radius 3 is 2.35 bits per heavy atom. The molecule has 0 saturated heterocycles. The summed E-state index contributed by atoms with van der Waals surface area (Å²) in [4.78, 5) is 30.8. The van der Waals surface area contributed by atoms with Crippen LogP contribution in [0.2, 0.25) is 5.02 Å². The van der Waals surface area contributed by atoms with E-state index in [4.69, 9.17) is 21.1 Å². The summed E-state index contributed by atoms with van der Waals surface area (Å²) in [6, 6.07) is 29.3. The third-order valence-corrected chi connectivity index (χ3v) is 10.6. The largest absolute Gasteiger partial charge is 0.489 e. The number of fused-ring (bicyclic) bond motifs is 1. The van der Waals surface area contributed by atoms with Gasteiger partial charge in [0.05, 0.1) is 18.2 Å². The van der Waals surface area contributed by atoms with E-state index in [0.29, 0.717) is 40.4 Å². The number of aromatic nitrogens is 1. The minimum Gasteiger partial charge on any atom is -0.489 e. The molecule has 1 N–H and O–H groups in total. The molecule has 286 valence electrons. The summed E-state index contributed by atoms with van der Waals surface area (Å²) in [5.41, 5.74) is 5.89. The minimum atomic E-state index is -4.41. The Bertz CT molecular complexity index is 2120. The molecule has 1 aliphatic carbocycles. The molecule has 11 heteroatoms. The van der Waals surface area contributed by atoms with Gasteiger partial charge >= 0.3 is 18.1 Å². The van der Waals surface area contributed by atoms with Gasteiger partial charge in [-0.15, -0.1) is 0 Å². The van der Waals surface area contributed by atoms with Gasteiger partial charge in [-0.1, -0.05) is 79.2 Å². The van der Waals surface area contributed by atoms with E-state index in [0.717, 1.165) is 72.3 Å². The first-order chi connectivity index (χ1) is 26.4. The zero-order valence-corrected chi connectivity index (χ0v) is 31.4. The van der Waals surface area contributed by atoms with Crippen LogP contribution in [-0.2, 0) is 30.4 Å². The maximum atomic E-state index is 13.1. The Kier molecular flexibility index (Phi) is 12.6. The Morgan fingerprint density at radius 1 is 0.945 bits per heavy atom. The van der Waals surface area contributed by atoms with Gasteiger partial charge in [-0.05, 0) is 108 Å². The predicted octanol–water partition coefficient (Wildman–Crippen LogP) is 10.6. The van der Waals surface area contributed by atoms with Crippen molar-refractivity contribution in [3.05, 3.63) is 153 Å². The molecule has 1 aliphatic rings. The quantitative estimate of drug-likeness (QED) is 0.112. The topological polar surface area (TPSA) is 89.0 Å². The Balaban J connectivity index is 1.21. The minimum absolute atomic E-state index is 0.0255. The molecule has 1 aromatic heterocycles. The zero-order chi connectivity index (χ0) is 39.1. The highest BCUT2D eigenvalue weighted by Gasteiger charge is 2.31. The number of carboxylic acids is 1. The number of para-hydroxylation sites is 1. The summed E-state index contributed by atoms with van der Waals surface area (Å²) in [5.74, 6) is -0.557. The van der Waals surface area contributed by atoms with Crippen molar-refractivity contribution < 1.29 is 37.3 Å². The Labute approximate surface area is 323 Å². The monoisotopic (exact) mass is 770 g/mol. The van der Waals surface area contributed by atoms with Crippen molar-refractivity contribution in [1.82, 2.24) is 9.88 Å². The van der Waals surface area contributed by atoms with Crippen LogP contribution in [0.5, 0.6) is 5.75 Å². The number of aromatic carboxylic acids is 1. The summed E-state index contributed by atoms with van der Waals surface area (Å²) >= 11 is 6.66. The molecule has 55 heavy (non-hydrogen) atoms. The van der Waals surface area contributed by atoms with Gasteiger partial charge in [0, 0.05) is 35.4 Å². The second-order valence-electron chi connectivity index (χ2n) is 13.7.